The third-order valence-electron chi connectivity index (χ3n) is 2.64. The molecule has 94 valence electrons. The van der Waals surface area contributed by atoms with Crippen LogP contribution in [0, 0.1) is 0 Å². The SMILES string of the molecule is C=C(CNC1CC1)CN(C)CCOC(C)C. The zero-order chi connectivity index (χ0) is 12.0. The summed E-state index contributed by atoms with van der Waals surface area (Å²) in [4.78, 5) is 2.26. The summed E-state index contributed by atoms with van der Waals surface area (Å²) in [5.41, 5.74) is 1.26. The molecule has 3 heteroatoms. The Morgan fingerprint density at radius 3 is 2.75 bits per heavy atom. The van der Waals surface area contributed by atoms with Gasteiger partial charge in [0.15, 0.2) is 0 Å². The minimum atomic E-state index is 0.327. The third-order valence-corrected chi connectivity index (χ3v) is 2.64. The van der Waals surface area contributed by atoms with Crippen molar-refractivity contribution in [2.75, 3.05) is 33.3 Å². The van der Waals surface area contributed by atoms with Crippen LogP contribution < -0.4 is 5.32 Å². The van der Waals surface area contributed by atoms with Crippen LogP contribution in [0.4, 0.5) is 0 Å². The normalized spacial score (nSPS) is 16.1. The lowest BCUT2D eigenvalue weighted by Crippen LogP contribution is -2.29. The van der Waals surface area contributed by atoms with E-state index in [1.807, 2.05) is 0 Å². The zero-order valence-electron chi connectivity index (χ0n) is 11.0. The van der Waals surface area contributed by atoms with E-state index in [1.54, 1.807) is 0 Å². The van der Waals surface area contributed by atoms with Crippen LogP contribution in [0.1, 0.15) is 26.7 Å². The van der Waals surface area contributed by atoms with Crippen LogP contribution in [0.3, 0.4) is 0 Å². The largest absolute Gasteiger partial charge is 0.377 e. The second-order valence-electron chi connectivity index (χ2n) is 5.06. The van der Waals surface area contributed by atoms with E-state index in [1.165, 1.54) is 18.4 Å². The standard InChI is InChI=1S/C13H26N2O/c1-11(2)16-8-7-15(4)10-12(3)9-14-13-5-6-13/h11,13-14H,3,5-10H2,1-2,4H3. The molecule has 0 heterocycles. The van der Waals surface area contributed by atoms with Crippen molar-refractivity contribution < 1.29 is 4.74 Å². The second kappa shape index (κ2) is 7.05. The molecule has 0 aromatic heterocycles. The summed E-state index contributed by atoms with van der Waals surface area (Å²) in [7, 11) is 2.12. The van der Waals surface area contributed by atoms with Crippen LogP contribution >= 0.6 is 0 Å². The van der Waals surface area contributed by atoms with E-state index >= 15 is 0 Å². The van der Waals surface area contributed by atoms with Gasteiger partial charge in [-0.05, 0) is 39.3 Å². The number of nitrogens with one attached hydrogen (secondary N) is 1. The summed E-state index contributed by atoms with van der Waals surface area (Å²) in [6.45, 7) is 11.9. The molecule has 1 saturated carbocycles. The molecular formula is C13H26N2O. The number of likely N-dealkylation sites (N-methyl/N-ethyl adjacent to an activating group) is 1. The average molecular weight is 226 g/mol. The van der Waals surface area contributed by atoms with Gasteiger partial charge in [0.2, 0.25) is 0 Å². The quantitative estimate of drug-likeness (QED) is 0.605. The Morgan fingerprint density at radius 2 is 2.19 bits per heavy atom. The number of rotatable bonds is 9. The highest BCUT2D eigenvalue weighted by Gasteiger charge is 2.20. The lowest BCUT2D eigenvalue weighted by atomic mass is 10.3. The molecule has 0 unspecified atom stereocenters. The maximum atomic E-state index is 5.52. The first kappa shape index (κ1) is 13.7. The minimum absolute atomic E-state index is 0.327. The van der Waals surface area contributed by atoms with Crippen LogP contribution in [0.5, 0.6) is 0 Å². The Hall–Kier alpha value is -0.380. The lowest BCUT2D eigenvalue weighted by Gasteiger charge is -2.19. The molecule has 0 saturated heterocycles. The van der Waals surface area contributed by atoms with Crippen molar-refractivity contribution in [1.29, 1.82) is 0 Å². The fourth-order valence-electron chi connectivity index (χ4n) is 1.54. The first-order valence-electron chi connectivity index (χ1n) is 6.28. The van der Waals surface area contributed by atoms with Crippen molar-refractivity contribution in [3.8, 4) is 0 Å². The van der Waals surface area contributed by atoms with Gasteiger partial charge in [-0.1, -0.05) is 6.58 Å². The summed E-state index contributed by atoms with van der Waals surface area (Å²) < 4.78 is 5.52. The van der Waals surface area contributed by atoms with Gasteiger partial charge in [0.05, 0.1) is 12.7 Å². The fourth-order valence-corrected chi connectivity index (χ4v) is 1.54. The molecule has 0 aromatic rings. The topological polar surface area (TPSA) is 24.5 Å². The van der Waals surface area contributed by atoms with Gasteiger partial charge in [0, 0.05) is 25.7 Å². The molecule has 1 fully saturated rings. The molecule has 1 aliphatic carbocycles. The number of nitrogens with zero attached hydrogens (tertiary/aromatic N) is 1. The molecule has 0 aromatic carbocycles. The van der Waals surface area contributed by atoms with Gasteiger partial charge in [-0.2, -0.15) is 0 Å². The Bertz CT molecular complexity index is 212. The Labute approximate surface area is 99.8 Å². The molecule has 1 rings (SSSR count). The fraction of sp³-hybridized carbons (Fsp3) is 0.846. The van der Waals surface area contributed by atoms with Gasteiger partial charge in [0.25, 0.3) is 0 Å². The molecule has 0 spiro atoms. The maximum Gasteiger partial charge on any atom is 0.0596 e. The lowest BCUT2D eigenvalue weighted by molar-refractivity contribution is 0.0653. The van der Waals surface area contributed by atoms with Crippen LogP contribution in [-0.4, -0.2) is 50.3 Å². The summed E-state index contributed by atoms with van der Waals surface area (Å²) >= 11 is 0. The van der Waals surface area contributed by atoms with Gasteiger partial charge < -0.3 is 15.0 Å². The van der Waals surface area contributed by atoms with E-state index in [-0.39, 0.29) is 0 Å². The van der Waals surface area contributed by atoms with Crippen LogP contribution in [-0.2, 0) is 4.74 Å². The van der Waals surface area contributed by atoms with E-state index in [2.05, 4.69) is 37.7 Å². The molecule has 0 aliphatic heterocycles. The molecule has 3 nitrogen and oxygen atoms in total. The van der Waals surface area contributed by atoms with Crippen LogP contribution in [0.15, 0.2) is 12.2 Å². The summed E-state index contributed by atoms with van der Waals surface area (Å²) in [6.07, 6.45) is 3.00. The molecule has 1 aliphatic rings. The zero-order valence-corrected chi connectivity index (χ0v) is 11.0. The van der Waals surface area contributed by atoms with Gasteiger partial charge in [-0.3, -0.25) is 0 Å². The Morgan fingerprint density at radius 1 is 1.50 bits per heavy atom. The van der Waals surface area contributed by atoms with E-state index in [0.29, 0.717) is 6.10 Å². The predicted octanol–water partition coefficient (Wildman–Crippen LogP) is 1.65. The molecule has 0 amide bonds. The molecular weight excluding hydrogens is 200 g/mol. The van der Waals surface area contributed by atoms with Crippen molar-refractivity contribution in [2.24, 2.45) is 0 Å². The summed E-state index contributed by atoms with van der Waals surface area (Å²) in [5, 5.41) is 3.48. The predicted molar refractivity (Wildman–Crippen MR) is 68.7 cm³/mol. The van der Waals surface area contributed by atoms with Crippen molar-refractivity contribution in [3.05, 3.63) is 12.2 Å². The minimum Gasteiger partial charge on any atom is -0.377 e. The van der Waals surface area contributed by atoms with E-state index in [4.69, 9.17) is 4.74 Å². The summed E-state index contributed by atoms with van der Waals surface area (Å²) in [5.74, 6) is 0. The van der Waals surface area contributed by atoms with Gasteiger partial charge in [-0.25, -0.2) is 0 Å². The number of ether oxygens (including phenoxy) is 1. The highest BCUT2D eigenvalue weighted by molar-refractivity contribution is 5.01. The first-order valence-corrected chi connectivity index (χ1v) is 6.28. The highest BCUT2D eigenvalue weighted by atomic mass is 16.5. The smallest absolute Gasteiger partial charge is 0.0596 e. The van der Waals surface area contributed by atoms with Gasteiger partial charge in [0.1, 0.15) is 0 Å². The highest BCUT2D eigenvalue weighted by Crippen LogP contribution is 2.18. The maximum absolute atomic E-state index is 5.52. The van der Waals surface area contributed by atoms with Gasteiger partial charge in [-0.15, -0.1) is 0 Å². The first-order chi connectivity index (χ1) is 7.58. The molecule has 0 atom stereocenters. The third kappa shape index (κ3) is 6.99. The second-order valence-corrected chi connectivity index (χ2v) is 5.06. The Balaban J connectivity index is 1.98. The summed E-state index contributed by atoms with van der Waals surface area (Å²) in [6, 6.07) is 0.770. The monoisotopic (exact) mass is 226 g/mol. The van der Waals surface area contributed by atoms with Gasteiger partial charge >= 0.3 is 0 Å². The van der Waals surface area contributed by atoms with Crippen LogP contribution in [0.2, 0.25) is 0 Å². The van der Waals surface area contributed by atoms with Crippen molar-refractivity contribution in [1.82, 2.24) is 10.2 Å². The molecule has 1 N–H and O–H groups in total. The Kier molecular flexibility index (Phi) is 6.03. The van der Waals surface area contributed by atoms with E-state index < -0.39 is 0 Å². The van der Waals surface area contributed by atoms with E-state index in [9.17, 15) is 0 Å². The van der Waals surface area contributed by atoms with Crippen molar-refractivity contribution >= 4 is 0 Å². The van der Waals surface area contributed by atoms with E-state index in [0.717, 1.165) is 32.3 Å². The van der Waals surface area contributed by atoms with Crippen LogP contribution in [0.25, 0.3) is 0 Å². The molecule has 0 bridgehead atoms. The van der Waals surface area contributed by atoms with Crippen molar-refractivity contribution in [2.45, 2.75) is 38.8 Å². The number of hydrogen-bond acceptors (Lipinski definition) is 3. The van der Waals surface area contributed by atoms with Crippen molar-refractivity contribution in [3.63, 3.8) is 0 Å². The average Bonchev–Trinajstić information content (AvgIpc) is 2.97. The molecule has 0 radical (unpaired) electrons. The molecule has 16 heavy (non-hydrogen) atoms. The number of hydrogen-bond donors (Lipinski definition) is 1.